The number of hydrogen-bond donors (Lipinski definition) is 1. The van der Waals surface area contributed by atoms with E-state index in [1.165, 1.54) is 9.21 Å². The van der Waals surface area contributed by atoms with E-state index in [-0.39, 0.29) is 45.6 Å². The van der Waals surface area contributed by atoms with E-state index in [1.54, 1.807) is 0 Å². The first kappa shape index (κ1) is 26.0. The smallest absolute Gasteiger partial charge is 0.409 e. The minimum absolute atomic E-state index is 0.0142. The molecule has 0 aromatic heterocycles. The van der Waals surface area contributed by atoms with Crippen molar-refractivity contribution in [3.8, 4) is 5.75 Å². The molecule has 2 N–H and O–H groups in total. The lowest BCUT2D eigenvalue weighted by Crippen LogP contribution is -2.63. The molecule has 2 fully saturated rings. The number of ether oxygens (including phenoxy) is 2. The zero-order chi connectivity index (χ0) is 24.8. The molecule has 34 heavy (non-hydrogen) atoms. The molecule has 2 aliphatic rings. The van der Waals surface area contributed by atoms with Crippen molar-refractivity contribution in [2.75, 3.05) is 64.1 Å². The number of rotatable bonds is 9. The third-order valence-electron chi connectivity index (χ3n) is 6.33. The van der Waals surface area contributed by atoms with E-state index in [9.17, 15) is 22.4 Å². The number of piperazine rings is 1. The van der Waals surface area contributed by atoms with Crippen LogP contribution in [0, 0.1) is 0 Å². The number of nitrogens with two attached hydrogens (primary N) is 1. The molecule has 12 heteroatoms. The highest BCUT2D eigenvalue weighted by Gasteiger charge is 2.54. The summed E-state index contributed by atoms with van der Waals surface area (Å²) in [7, 11) is -4.06. The molecule has 1 aromatic carbocycles. The van der Waals surface area contributed by atoms with Gasteiger partial charge >= 0.3 is 6.09 Å². The summed E-state index contributed by atoms with van der Waals surface area (Å²) < 4.78 is 49.3. The molecule has 0 radical (unpaired) electrons. The van der Waals surface area contributed by atoms with Gasteiger partial charge < -0.3 is 25.0 Å². The number of benzene rings is 1. The molecular weight excluding hydrogens is 467 g/mol. The van der Waals surface area contributed by atoms with Gasteiger partial charge in [-0.25, -0.2) is 17.6 Å². The van der Waals surface area contributed by atoms with E-state index < -0.39 is 33.4 Å². The van der Waals surface area contributed by atoms with Crippen LogP contribution in [0.1, 0.15) is 26.2 Å². The highest BCUT2D eigenvalue weighted by atomic mass is 32.2. The lowest BCUT2D eigenvalue weighted by atomic mass is 9.95. The predicted octanol–water partition coefficient (Wildman–Crippen LogP) is 1.35. The van der Waals surface area contributed by atoms with Crippen LogP contribution >= 0.6 is 0 Å². The summed E-state index contributed by atoms with van der Waals surface area (Å²) in [5.74, 6) is -0.135. The number of piperidine rings is 1. The summed E-state index contributed by atoms with van der Waals surface area (Å²) in [6, 6.07) is 7.67. The van der Waals surface area contributed by atoms with Crippen LogP contribution in [0.5, 0.6) is 5.75 Å². The molecule has 2 heterocycles. The molecule has 2 amide bonds. The van der Waals surface area contributed by atoms with E-state index in [1.807, 2.05) is 31.2 Å². The molecule has 1 aromatic rings. The van der Waals surface area contributed by atoms with Crippen LogP contribution in [-0.4, -0.2) is 93.5 Å². The van der Waals surface area contributed by atoms with Crippen molar-refractivity contribution in [1.82, 2.24) is 9.21 Å². The van der Waals surface area contributed by atoms with Crippen LogP contribution in [0.15, 0.2) is 24.3 Å². The third-order valence-corrected chi connectivity index (χ3v) is 8.97. The molecule has 190 valence electrons. The zero-order valence-corrected chi connectivity index (χ0v) is 20.3. The normalized spacial score (nSPS) is 19.0. The van der Waals surface area contributed by atoms with E-state index >= 15 is 0 Å². The number of hydrogen-bond acceptors (Lipinski definition) is 7. The Bertz CT molecular complexity index is 943. The summed E-state index contributed by atoms with van der Waals surface area (Å²) in [4.78, 5) is 27.8. The van der Waals surface area contributed by atoms with Crippen LogP contribution in [0.2, 0.25) is 0 Å². The van der Waals surface area contributed by atoms with Crippen LogP contribution in [-0.2, 0) is 19.6 Å². The quantitative estimate of drug-likeness (QED) is 0.543. The first-order valence-electron chi connectivity index (χ1n) is 11.5. The summed E-state index contributed by atoms with van der Waals surface area (Å²) >= 11 is 0. The van der Waals surface area contributed by atoms with Crippen LogP contribution in [0.3, 0.4) is 0 Å². The first-order valence-corrected chi connectivity index (χ1v) is 12.9. The summed E-state index contributed by atoms with van der Waals surface area (Å²) in [6.45, 7) is 2.84. The number of nitrogens with zero attached hydrogens (tertiary/aromatic N) is 3. The van der Waals surface area contributed by atoms with Gasteiger partial charge in [0.15, 0.2) is 4.75 Å². The van der Waals surface area contributed by atoms with Gasteiger partial charge in [0, 0.05) is 45.0 Å². The van der Waals surface area contributed by atoms with Crippen LogP contribution in [0.25, 0.3) is 0 Å². The van der Waals surface area contributed by atoms with Gasteiger partial charge in [-0.1, -0.05) is 6.92 Å². The molecule has 10 nitrogen and oxygen atoms in total. The lowest BCUT2D eigenvalue weighted by Gasteiger charge is -2.43. The largest absolute Gasteiger partial charge is 0.494 e. The van der Waals surface area contributed by atoms with Crippen LogP contribution < -0.4 is 15.4 Å². The average Bonchev–Trinajstić information content (AvgIpc) is 2.86. The second-order valence-electron chi connectivity index (χ2n) is 8.38. The number of likely N-dealkylation sites (tertiary alicyclic amines) is 1. The van der Waals surface area contributed by atoms with Gasteiger partial charge in [0.25, 0.3) is 0 Å². The number of sulfonamides is 1. The fraction of sp³-hybridized carbons (Fsp3) is 0.636. The molecule has 0 spiro atoms. The predicted molar refractivity (Wildman–Crippen MR) is 125 cm³/mol. The second kappa shape index (κ2) is 11.2. The number of amides is 2. The van der Waals surface area contributed by atoms with E-state index in [4.69, 9.17) is 15.2 Å². The molecule has 2 saturated heterocycles. The molecule has 0 bridgehead atoms. The van der Waals surface area contributed by atoms with Gasteiger partial charge in [-0.05, 0) is 43.5 Å². The van der Waals surface area contributed by atoms with Crippen molar-refractivity contribution in [1.29, 1.82) is 0 Å². The minimum atomic E-state index is -4.06. The third kappa shape index (κ3) is 5.38. The average molecular weight is 501 g/mol. The van der Waals surface area contributed by atoms with Gasteiger partial charge in [-0.2, -0.15) is 4.31 Å². The maximum absolute atomic E-state index is 13.5. The van der Waals surface area contributed by atoms with Gasteiger partial charge in [0.05, 0.1) is 6.61 Å². The standard InChI is InChI=1S/C22H33FN4O6S/c1-2-16-32-19-5-3-18(4-6-19)25-12-14-27(15-13-25)34(30,31)22(20(24)28)7-10-26(11-8-22)21(29)33-17-9-23/h3-6H,2,7-17H2,1H3,(H2,24,28). The van der Waals surface area contributed by atoms with Crippen molar-refractivity contribution in [2.45, 2.75) is 30.9 Å². The highest BCUT2D eigenvalue weighted by Crippen LogP contribution is 2.34. The van der Waals surface area contributed by atoms with E-state index in [2.05, 4.69) is 4.90 Å². The topological polar surface area (TPSA) is 122 Å². The first-order chi connectivity index (χ1) is 16.2. The highest BCUT2D eigenvalue weighted by molar-refractivity contribution is 7.91. The number of primary amides is 1. The molecule has 3 rings (SSSR count). The minimum Gasteiger partial charge on any atom is -0.494 e. The molecule has 0 atom stereocenters. The summed E-state index contributed by atoms with van der Waals surface area (Å²) in [6.07, 6.45) is -0.0663. The Balaban J connectivity index is 1.64. The monoisotopic (exact) mass is 500 g/mol. The van der Waals surface area contributed by atoms with Crippen LogP contribution in [0.4, 0.5) is 14.9 Å². The Morgan fingerprint density at radius 3 is 2.18 bits per heavy atom. The molecule has 0 aliphatic carbocycles. The van der Waals surface area contributed by atoms with E-state index in [0.717, 1.165) is 17.9 Å². The maximum Gasteiger partial charge on any atom is 0.409 e. The lowest BCUT2D eigenvalue weighted by molar-refractivity contribution is -0.121. The van der Waals surface area contributed by atoms with Gasteiger partial charge in [-0.3, -0.25) is 4.79 Å². The Kier molecular flexibility index (Phi) is 8.58. The SMILES string of the molecule is CCCOc1ccc(N2CCN(S(=O)(=O)C3(C(N)=O)CCN(C(=O)OCCF)CC3)CC2)cc1. The zero-order valence-electron chi connectivity index (χ0n) is 19.4. The summed E-state index contributed by atoms with van der Waals surface area (Å²) in [5, 5.41) is 0. The summed E-state index contributed by atoms with van der Waals surface area (Å²) in [5.41, 5.74) is 6.58. The van der Waals surface area contributed by atoms with Gasteiger partial charge in [0.2, 0.25) is 15.9 Å². The Morgan fingerprint density at radius 1 is 1.03 bits per heavy atom. The van der Waals surface area contributed by atoms with Crippen molar-refractivity contribution in [3.63, 3.8) is 0 Å². The molecule has 2 aliphatic heterocycles. The number of anilines is 1. The Labute approximate surface area is 199 Å². The molecular formula is C22H33FN4O6S. The molecule has 0 saturated carbocycles. The maximum atomic E-state index is 13.5. The second-order valence-corrected chi connectivity index (χ2v) is 10.6. The van der Waals surface area contributed by atoms with Crippen molar-refractivity contribution < 1.29 is 31.9 Å². The number of halogens is 1. The Hall–Kier alpha value is -2.60. The number of carbonyl (C=O) groups excluding carboxylic acids is 2. The van der Waals surface area contributed by atoms with Crippen molar-refractivity contribution >= 4 is 27.7 Å². The molecule has 0 unspecified atom stereocenters. The van der Waals surface area contributed by atoms with E-state index in [0.29, 0.717) is 19.7 Å². The number of alkyl halides is 1. The number of carbonyl (C=O) groups is 2. The van der Waals surface area contributed by atoms with Crippen molar-refractivity contribution in [2.24, 2.45) is 5.73 Å². The van der Waals surface area contributed by atoms with Crippen molar-refractivity contribution in [3.05, 3.63) is 24.3 Å². The Morgan fingerprint density at radius 2 is 1.65 bits per heavy atom. The fourth-order valence-electron chi connectivity index (χ4n) is 4.31. The fourth-order valence-corrected chi connectivity index (χ4v) is 6.40. The van der Waals surface area contributed by atoms with Gasteiger partial charge in [0.1, 0.15) is 19.0 Å². The van der Waals surface area contributed by atoms with Gasteiger partial charge in [-0.15, -0.1) is 0 Å².